The third-order valence-electron chi connectivity index (χ3n) is 4.57. The van der Waals surface area contributed by atoms with Crippen molar-refractivity contribution >= 4 is 17.4 Å². The van der Waals surface area contributed by atoms with Crippen LogP contribution in [0.1, 0.15) is 29.7 Å². The van der Waals surface area contributed by atoms with Crippen LogP contribution in [0.25, 0.3) is 0 Å². The summed E-state index contributed by atoms with van der Waals surface area (Å²) in [4.78, 5) is 12.4. The van der Waals surface area contributed by atoms with Crippen LogP contribution in [-0.2, 0) is 0 Å². The van der Waals surface area contributed by atoms with E-state index in [9.17, 15) is 9.90 Å². The standard InChI is InChI=1S/C23H25N3O3/c1-14-11-18(24)12-15(2)22(14)29-19-9-10-21(27)20(13-19)26-23(28)25-16(3)17-7-5-4-6-8-17/h4-13,16,27H,24H2,1-3H3,(H2,25,26,28). The molecule has 0 aliphatic carbocycles. The minimum atomic E-state index is -0.423. The summed E-state index contributed by atoms with van der Waals surface area (Å²) in [5, 5.41) is 15.7. The Morgan fingerprint density at radius 2 is 1.69 bits per heavy atom. The third kappa shape index (κ3) is 4.99. The Hall–Kier alpha value is -3.67. The Bertz CT molecular complexity index is 996. The zero-order valence-electron chi connectivity index (χ0n) is 16.7. The van der Waals surface area contributed by atoms with E-state index in [1.165, 1.54) is 6.07 Å². The molecule has 29 heavy (non-hydrogen) atoms. The summed E-state index contributed by atoms with van der Waals surface area (Å²) in [6.45, 7) is 5.72. The third-order valence-corrected chi connectivity index (χ3v) is 4.57. The highest BCUT2D eigenvalue weighted by atomic mass is 16.5. The summed E-state index contributed by atoms with van der Waals surface area (Å²) < 4.78 is 5.98. The molecule has 0 aliphatic heterocycles. The minimum Gasteiger partial charge on any atom is -0.506 e. The van der Waals surface area contributed by atoms with E-state index in [0.717, 1.165) is 16.7 Å². The molecule has 6 nitrogen and oxygen atoms in total. The summed E-state index contributed by atoms with van der Waals surface area (Å²) >= 11 is 0. The van der Waals surface area contributed by atoms with E-state index in [2.05, 4.69) is 10.6 Å². The molecular weight excluding hydrogens is 366 g/mol. The van der Waals surface area contributed by atoms with E-state index in [-0.39, 0.29) is 17.5 Å². The van der Waals surface area contributed by atoms with Gasteiger partial charge in [0, 0.05) is 11.8 Å². The van der Waals surface area contributed by atoms with E-state index < -0.39 is 6.03 Å². The van der Waals surface area contributed by atoms with E-state index in [4.69, 9.17) is 10.5 Å². The largest absolute Gasteiger partial charge is 0.506 e. The number of carbonyl (C=O) groups is 1. The number of aryl methyl sites for hydroxylation is 2. The molecule has 0 saturated carbocycles. The number of benzene rings is 3. The van der Waals surface area contributed by atoms with Crippen molar-refractivity contribution in [2.24, 2.45) is 0 Å². The zero-order valence-corrected chi connectivity index (χ0v) is 16.7. The first-order valence-corrected chi connectivity index (χ1v) is 9.33. The van der Waals surface area contributed by atoms with Crippen LogP contribution in [0.3, 0.4) is 0 Å². The molecule has 2 amide bonds. The molecule has 0 fully saturated rings. The molecular formula is C23H25N3O3. The lowest BCUT2D eigenvalue weighted by atomic mass is 10.1. The molecule has 0 heterocycles. The Labute approximate surface area is 170 Å². The molecule has 0 radical (unpaired) electrons. The van der Waals surface area contributed by atoms with Crippen molar-refractivity contribution in [2.45, 2.75) is 26.8 Å². The lowest BCUT2D eigenvalue weighted by molar-refractivity contribution is 0.249. The predicted octanol–water partition coefficient (Wildman–Crippen LogP) is 5.27. The number of nitrogens with one attached hydrogen (secondary N) is 2. The molecule has 0 aliphatic rings. The van der Waals surface area contributed by atoms with Gasteiger partial charge in [0.1, 0.15) is 17.2 Å². The SMILES string of the molecule is Cc1cc(N)cc(C)c1Oc1ccc(O)c(NC(=O)NC(C)c2ccccc2)c1. The number of anilines is 2. The van der Waals surface area contributed by atoms with Crippen LogP contribution in [0.4, 0.5) is 16.2 Å². The second kappa shape index (κ2) is 8.56. The Morgan fingerprint density at radius 1 is 1.03 bits per heavy atom. The number of hydrogen-bond donors (Lipinski definition) is 4. The smallest absolute Gasteiger partial charge is 0.319 e. The molecule has 5 N–H and O–H groups in total. The Kier molecular flexibility index (Phi) is 5.93. The molecule has 3 rings (SSSR count). The lowest BCUT2D eigenvalue weighted by Gasteiger charge is -2.17. The van der Waals surface area contributed by atoms with Crippen molar-refractivity contribution in [1.82, 2.24) is 5.32 Å². The number of aromatic hydroxyl groups is 1. The number of phenols is 1. The number of hydrogen-bond acceptors (Lipinski definition) is 4. The molecule has 0 bridgehead atoms. The van der Waals surface area contributed by atoms with Crippen molar-refractivity contribution in [3.05, 3.63) is 77.4 Å². The van der Waals surface area contributed by atoms with Crippen LogP contribution in [0.2, 0.25) is 0 Å². The van der Waals surface area contributed by atoms with Gasteiger partial charge in [0.2, 0.25) is 0 Å². The fourth-order valence-corrected chi connectivity index (χ4v) is 3.12. The topological polar surface area (TPSA) is 96.6 Å². The molecule has 6 heteroatoms. The van der Waals surface area contributed by atoms with Crippen LogP contribution in [-0.4, -0.2) is 11.1 Å². The summed E-state index contributed by atoms with van der Waals surface area (Å²) in [6.07, 6.45) is 0. The van der Waals surface area contributed by atoms with Gasteiger partial charge in [-0.2, -0.15) is 0 Å². The van der Waals surface area contributed by atoms with Crippen molar-refractivity contribution in [3.8, 4) is 17.2 Å². The number of phenolic OH excluding ortho intramolecular Hbond substituents is 1. The first-order valence-electron chi connectivity index (χ1n) is 9.33. The van der Waals surface area contributed by atoms with Crippen LogP contribution in [0, 0.1) is 13.8 Å². The second-order valence-corrected chi connectivity index (χ2v) is 7.00. The van der Waals surface area contributed by atoms with Gasteiger partial charge in [-0.25, -0.2) is 4.79 Å². The first kappa shape index (κ1) is 20.1. The molecule has 0 spiro atoms. The number of ether oxygens (including phenoxy) is 1. The summed E-state index contributed by atoms with van der Waals surface area (Å²) in [7, 11) is 0. The van der Waals surface area contributed by atoms with Gasteiger partial charge in [-0.05, 0) is 61.7 Å². The van der Waals surface area contributed by atoms with Crippen molar-refractivity contribution in [3.63, 3.8) is 0 Å². The van der Waals surface area contributed by atoms with Crippen LogP contribution in [0.15, 0.2) is 60.7 Å². The maximum atomic E-state index is 12.4. The number of carbonyl (C=O) groups excluding carboxylic acids is 1. The highest BCUT2D eigenvalue weighted by Crippen LogP contribution is 2.34. The van der Waals surface area contributed by atoms with Gasteiger partial charge in [0.05, 0.1) is 11.7 Å². The zero-order chi connectivity index (χ0) is 21.0. The van der Waals surface area contributed by atoms with Crippen molar-refractivity contribution in [2.75, 3.05) is 11.1 Å². The highest BCUT2D eigenvalue weighted by molar-refractivity contribution is 5.91. The van der Waals surface area contributed by atoms with Crippen LogP contribution >= 0.6 is 0 Å². The van der Waals surface area contributed by atoms with Gasteiger partial charge in [-0.15, -0.1) is 0 Å². The number of rotatable bonds is 5. The molecule has 150 valence electrons. The van der Waals surface area contributed by atoms with Gasteiger partial charge in [0.25, 0.3) is 0 Å². The number of nitrogen functional groups attached to an aromatic ring is 1. The quantitative estimate of drug-likeness (QED) is 0.352. The number of amides is 2. The van der Waals surface area contributed by atoms with Gasteiger partial charge >= 0.3 is 6.03 Å². The van der Waals surface area contributed by atoms with Crippen LogP contribution < -0.4 is 21.1 Å². The summed E-state index contributed by atoms with van der Waals surface area (Å²) in [5.41, 5.74) is 9.57. The molecule has 1 atom stereocenters. The summed E-state index contributed by atoms with van der Waals surface area (Å²) in [6, 6.07) is 17.4. The molecule has 0 aromatic heterocycles. The van der Waals surface area contributed by atoms with E-state index >= 15 is 0 Å². The first-order chi connectivity index (χ1) is 13.8. The normalized spacial score (nSPS) is 11.6. The fraction of sp³-hybridized carbons (Fsp3) is 0.174. The predicted molar refractivity (Wildman–Crippen MR) is 116 cm³/mol. The Balaban J connectivity index is 1.73. The minimum absolute atomic E-state index is 0.0504. The van der Waals surface area contributed by atoms with E-state index in [1.54, 1.807) is 12.1 Å². The van der Waals surface area contributed by atoms with Gasteiger partial charge < -0.3 is 26.2 Å². The second-order valence-electron chi connectivity index (χ2n) is 7.00. The van der Waals surface area contributed by atoms with Crippen molar-refractivity contribution in [1.29, 1.82) is 0 Å². The number of nitrogens with two attached hydrogens (primary N) is 1. The number of urea groups is 1. The Morgan fingerprint density at radius 3 is 2.34 bits per heavy atom. The summed E-state index contributed by atoms with van der Waals surface area (Å²) in [5.74, 6) is 1.13. The molecule has 3 aromatic rings. The molecule has 0 saturated heterocycles. The van der Waals surface area contributed by atoms with Gasteiger partial charge in [0.15, 0.2) is 0 Å². The molecule has 3 aromatic carbocycles. The maximum absolute atomic E-state index is 12.4. The highest BCUT2D eigenvalue weighted by Gasteiger charge is 2.13. The molecule has 1 unspecified atom stereocenters. The fourth-order valence-electron chi connectivity index (χ4n) is 3.12. The van der Waals surface area contributed by atoms with Gasteiger partial charge in [-0.1, -0.05) is 30.3 Å². The van der Waals surface area contributed by atoms with E-state index in [1.807, 2.05) is 63.2 Å². The van der Waals surface area contributed by atoms with Crippen LogP contribution in [0.5, 0.6) is 17.2 Å². The average molecular weight is 391 g/mol. The van der Waals surface area contributed by atoms with Gasteiger partial charge in [-0.3, -0.25) is 0 Å². The van der Waals surface area contributed by atoms with Crippen molar-refractivity contribution < 1.29 is 14.6 Å². The maximum Gasteiger partial charge on any atom is 0.319 e. The monoisotopic (exact) mass is 391 g/mol. The average Bonchev–Trinajstić information content (AvgIpc) is 2.67. The van der Waals surface area contributed by atoms with E-state index in [0.29, 0.717) is 17.2 Å². The lowest BCUT2D eigenvalue weighted by Crippen LogP contribution is -2.31.